The van der Waals surface area contributed by atoms with Gasteiger partial charge in [-0.1, -0.05) is 6.08 Å². The van der Waals surface area contributed by atoms with Crippen LogP contribution in [-0.4, -0.2) is 49.7 Å². The van der Waals surface area contributed by atoms with Gasteiger partial charge in [0.25, 0.3) is 0 Å². The lowest BCUT2D eigenvalue weighted by Gasteiger charge is -2.39. The van der Waals surface area contributed by atoms with Crippen molar-refractivity contribution < 1.29 is 4.79 Å². The van der Waals surface area contributed by atoms with Gasteiger partial charge in [-0.05, 0) is 12.5 Å². The Morgan fingerprint density at radius 2 is 2.20 bits per heavy atom. The topological polar surface area (TPSA) is 93.2 Å². The minimum atomic E-state index is -0.276. The van der Waals surface area contributed by atoms with Crippen molar-refractivity contribution >= 4 is 17.7 Å². The van der Waals surface area contributed by atoms with Crippen molar-refractivity contribution in [1.29, 1.82) is 0 Å². The van der Waals surface area contributed by atoms with E-state index >= 15 is 0 Å². The maximum atomic E-state index is 13.2. The molecule has 0 radical (unpaired) electrons. The fourth-order valence-corrected chi connectivity index (χ4v) is 3.55. The molecule has 0 aromatic carbocycles. The molecule has 1 unspecified atom stereocenters. The molecule has 2 N–H and O–H groups in total. The number of nitrogen functional groups attached to an aromatic ring is 1. The Hall–Kier alpha value is -2.74. The number of fused-ring (bicyclic) bond motifs is 1. The molecule has 1 atom stereocenters. The Kier molecular flexibility index (Phi) is 3.76. The second kappa shape index (κ2) is 5.96. The van der Waals surface area contributed by atoms with E-state index in [4.69, 9.17) is 5.73 Å². The number of aromatic nitrogens is 4. The van der Waals surface area contributed by atoms with Gasteiger partial charge < -0.3 is 5.73 Å². The zero-order chi connectivity index (χ0) is 17.6. The van der Waals surface area contributed by atoms with Crippen LogP contribution in [0.25, 0.3) is 0 Å². The fraction of sp³-hybridized carbons (Fsp3) is 0.412. The molecular formula is C17H21N7O. The minimum absolute atomic E-state index is 0.0681. The van der Waals surface area contributed by atoms with Gasteiger partial charge in [0, 0.05) is 57.1 Å². The lowest BCUT2D eigenvalue weighted by molar-refractivity contribution is -0.123. The van der Waals surface area contributed by atoms with Crippen LogP contribution in [-0.2, 0) is 24.8 Å². The van der Waals surface area contributed by atoms with Gasteiger partial charge in [-0.2, -0.15) is 5.10 Å². The third-order valence-corrected chi connectivity index (χ3v) is 4.85. The third-order valence-electron chi connectivity index (χ3n) is 4.85. The number of carbonyl (C=O) groups excluding carboxylic acids is 1. The summed E-state index contributed by atoms with van der Waals surface area (Å²) in [7, 11) is 1.85. The highest BCUT2D eigenvalue weighted by atomic mass is 16.2. The van der Waals surface area contributed by atoms with Crippen molar-refractivity contribution in [1.82, 2.24) is 24.6 Å². The normalized spacial score (nSPS) is 21.2. The molecule has 2 aromatic rings. The predicted molar refractivity (Wildman–Crippen MR) is 93.7 cm³/mol. The first-order valence-electron chi connectivity index (χ1n) is 8.35. The summed E-state index contributed by atoms with van der Waals surface area (Å²) in [4.78, 5) is 25.5. The van der Waals surface area contributed by atoms with Crippen molar-refractivity contribution in [2.45, 2.75) is 25.9 Å². The number of rotatable bonds is 2. The summed E-state index contributed by atoms with van der Waals surface area (Å²) < 4.78 is 1.71. The second-order valence-electron chi connectivity index (χ2n) is 6.57. The summed E-state index contributed by atoms with van der Waals surface area (Å²) in [6.07, 6.45) is 6.49. The van der Waals surface area contributed by atoms with Crippen LogP contribution in [0.1, 0.15) is 18.2 Å². The Morgan fingerprint density at radius 3 is 2.96 bits per heavy atom. The van der Waals surface area contributed by atoms with Crippen LogP contribution in [0, 0.1) is 0 Å². The van der Waals surface area contributed by atoms with Crippen molar-refractivity contribution in [2.75, 3.05) is 23.7 Å². The van der Waals surface area contributed by atoms with Gasteiger partial charge in [-0.3, -0.25) is 19.3 Å². The number of carbonyl (C=O) groups is 1. The van der Waals surface area contributed by atoms with Crippen LogP contribution < -0.4 is 10.6 Å². The molecule has 1 amide bonds. The van der Waals surface area contributed by atoms with E-state index in [1.807, 2.05) is 26.2 Å². The highest BCUT2D eigenvalue weighted by Crippen LogP contribution is 2.27. The van der Waals surface area contributed by atoms with Gasteiger partial charge in [0.05, 0.1) is 5.69 Å². The molecule has 0 aliphatic carbocycles. The average Bonchev–Trinajstić information content (AvgIpc) is 3.01. The molecule has 0 fully saturated rings. The van der Waals surface area contributed by atoms with Crippen LogP contribution >= 0.6 is 0 Å². The molecule has 4 rings (SSSR count). The van der Waals surface area contributed by atoms with E-state index < -0.39 is 0 Å². The maximum absolute atomic E-state index is 13.2. The van der Waals surface area contributed by atoms with Crippen LogP contribution in [0.15, 0.2) is 30.1 Å². The molecule has 8 heteroatoms. The molecule has 25 heavy (non-hydrogen) atoms. The van der Waals surface area contributed by atoms with Crippen LogP contribution in [0.2, 0.25) is 0 Å². The molecule has 2 aliphatic heterocycles. The SMILES string of the molecule is CC1=CCN(c2ccn(C)n2)C(=O)C1N1CCc2nc(N)ncc2C1. The average molecular weight is 339 g/mol. The number of aryl methyl sites for hydroxylation is 1. The van der Waals surface area contributed by atoms with E-state index in [0.717, 1.165) is 29.8 Å². The van der Waals surface area contributed by atoms with E-state index in [0.29, 0.717) is 24.9 Å². The number of amides is 1. The molecule has 0 saturated heterocycles. The largest absolute Gasteiger partial charge is 0.368 e. The summed E-state index contributed by atoms with van der Waals surface area (Å²) in [6, 6.07) is 1.59. The van der Waals surface area contributed by atoms with Gasteiger partial charge in [0.15, 0.2) is 5.82 Å². The standard InChI is InChI=1S/C17H21N7O/c1-11-3-8-24(14-5-6-22(2)21-14)16(25)15(11)23-7-4-13-12(10-23)9-19-17(18)20-13/h3,5-6,9,15H,4,7-8,10H2,1-2H3,(H2,18,19,20). The van der Waals surface area contributed by atoms with Gasteiger partial charge >= 0.3 is 0 Å². The quantitative estimate of drug-likeness (QED) is 0.802. The Bertz CT molecular complexity index is 856. The molecule has 130 valence electrons. The number of hydrogen-bond donors (Lipinski definition) is 1. The summed E-state index contributed by atoms with van der Waals surface area (Å²) in [5.41, 5.74) is 8.77. The molecule has 4 heterocycles. The van der Waals surface area contributed by atoms with E-state index in [9.17, 15) is 4.79 Å². The summed E-state index contributed by atoms with van der Waals surface area (Å²) in [5.74, 6) is 1.06. The van der Waals surface area contributed by atoms with Crippen molar-refractivity contribution in [3.05, 3.63) is 41.4 Å². The molecule has 0 saturated carbocycles. The molecular weight excluding hydrogens is 318 g/mol. The first-order valence-corrected chi connectivity index (χ1v) is 8.35. The summed E-state index contributed by atoms with van der Waals surface area (Å²) >= 11 is 0. The zero-order valence-corrected chi connectivity index (χ0v) is 14.4. The molecule has 0 bridgehead atoms. The fourth-order valence-electron chi connectivity index (χ4n) is 3.55. The summed E-state index contributed by atoms with van der Waals surface area (Å²) in [5, 5.41) is 4.38. The Morgan fingerprint density at radius 1 is 1.36 bits per heavy atom. The first kappa shape index (κ1) is 15.8. The van der Waals surface area contributed by atoms with Crippen molar-refractivity contribution in [3.63, 3.8) is 0 Å². The number of anilines is 2. The van der Waals surface area contributed by atoms with Crippen LogP contribution in [0.5, 0.6) is 0 Å². The highest BCUT2D eigenvalue weighted by molar-refractivity contribution is 5.99. The maximum Gasteiger partial charge on any atom is 0.250 e. The highest BCUT2D eigenvalue weighted by Gasteiger charge is 2.36. The Balaban J connectivity index is 1.61. The lowest BCUT2D eigenvalue weighted by Crippen LogP contribution is -2.53. The monoisotopic (exact) mass is 339 g/mol. The Labute approximate surface area is 146 Å². The molecule has 8 nitrogen and oxygen atoms in total. The minimum Gasteiger partial charge on any atom is -0.368 e. The van der Waals surface area contributed by atoms with Gasteiger partial charge in [0.2, 0.25) is 11.9 Å². The van der Waals surface area contributed by atoms with E-state index in [2.05, 4.69) is 26.0 Å². The molecule has 2 aromatic heterocycles. The zero-order valence-electron chi connectivity index (χ0n) is 14.4. The van der Waals surface area contributed by atoms with Gasteiger partial charge in [-0.25, -0.2) is 9.97 Å². The number of nitrogens with two attached hydrogens (primary N) is 1. The number of nitrogens with zero attached hydrogens (tertiary/aromatic N) is 6. The predicted octanol–water partition coefficient (Wildman–Crippen LogP) is 0.512. The van der Waals surface area contributed by atoms with E-state index in [-0.39, 0.29) is 11.9 Å². The van der Waals surface area contributed by atoms with Crippen molar-refractivity contribution in [3.8, 4) is 0 Å². The molecule has 0 spiro atoms. The van der Waals surface area contributed by atoms with Crippen molar-refractivity contribution in [2.24, 2.45) is 7.05 Å². The smallest absolute Gasteiger partial charge is 0.250 e. The lowest BCUT2D eigenvalue weighted by atomic mass is 9.97. The van der Waals surface area contributed by atoms with Crippen LogP contribution in [0.4, 0.5) is 11.8 Å². The third kappa shape index (κ3) is 2.78. The van der Waals surface area contributed by atoms with Crippen LogP contribution in [0.3, 0.4) is 0 Å². The second-order valence-corrected chi connectivity index (χ2v) is 6.57. The number of hydrogen-bond acceptors (Lipinski definition) is 6. The summed E-state index contributed by atoms with van der Waals surface area (Å²) in [6.45, 7) is 3.99. The molecule has 2 aliphatic rings. The van der Waals surface area contributed by atoms with E-state index in [1.54, 1.807) is 15.8 Å². The van der Waals surface area contributed by atoms with Gasteiger partial charge in [0.1, 0.15) is 6.04 Å². The first-order chi connectivity index (χ1) is 12.0. The van der Waals surface area contributed by atoms with Gasteiger partial charge in [-0.15, -0.1) is 0 Å². The van der Waals surface area contributed by atoms with E-state index in [1.165, 1.54) is 0 Å².